The van der Waals surface area contributed by atoms with Crippen molar-refractivity contribution in [1.29, 1.82) is 0 Å². The van der Waals surface area contributed by atoms with Crippen LogP contribution in [0.2, 0.25) is 0 Å². The van der Waals surface area contributed by atoms with Crippen LogP contribution >= 0.6 is 0 Å². The molecule has 1 aliphatic heterocycles. The van der Waals surface area contributed by atoms with E-state index in [1.807, 2.05) is 6.92 Å². The number of nitrogens with two attached hydrogens (primary N) is 1. The maximum Gasteiger partial charge on any atom is 0.0823 e. The standard InChI is InChI=1S/C13H29N3O/c1-4-12-10-15(3)7-6-8-16(12)11-13(9-14)17-5-2/h12-13H,4-11,14H2,1-3H3. The zero-order valence-electron chi connectivity index (χ0n) is 11.7. The average molecular weight is 243 g/mol. The summed E-state index contributed by atoms with van der Waals surface area (Å²) in [7, 11) is 2.22. The van der Waals surface area contributed by atoms with Crippen molar-refractivity contribution in [2.24, 2.45) is 5.73 Å². The highest BCUT2D eigenvalue weighted by atomic mass is 16.5. The second kappa shape index (κ2) is 8.03. The molecule has 1 saturated heterocycles. The van der Waals surface area contributed by atoms with Crippen LogP contribution in [0, 0.1) is 0 Å². The van der Waals surface area contributed by atoms with Crippen molar-refractivity contribution in [3.05, 3.63) is 0 Å². The van der Waals surface area contributed by atoms with Crippen molar-refractivity contribution in [2.75, 3.05) is 46.4 Å². The van der Waals surface area contributed by atoms with Gasteiger partial charge in [-0.25, -0.2) is 0 Å². The van der Waals surface area contributed by atoms with E-state index in [9.17, 15) is 0 Å². The highest BCUT2D eigenvalue weighted by Crippen LogP contribution is 2.13. The first kappa shape index (κ1) is 14.9. The number of ether oxygens (including phenoxy) is 1. The zero-order chi connectivity index (χ0) is 12.7. The van der Waals surface area contributed by atoms with Crippen LogP contribution < -0.4 is 5.73 Å². The molecule has 0 bridgehead atoms. The van der Waals surface area contributed by atoms with Gasteiger partial charge in [0, 0.05) is 32.3 Å². The van der Waals surface area contributed by atoms with Crippen LogP contribution in [0.4, 0.5) is 0 Å². The van der Waals surface area contributed by atoms with Crippen LogP contribution in [0.5, 0.6) is 0 Å². The van der Waals surface area contributed by atoms with Crippen LogP contribution in [-0.2, 0) is 4.74 Å². The van der Waals surface area contributed by atoms with Gasteiger partial charge in [-0.05, 0) is 39.9 Å². The molecule has 1 rings (SSSR count). The predicted octanol–water partition coefficient (Wildman–Crippen LogP) is 0.766. The minimum Gasteiger partial charge on any atom is -0.376 e. The molecule has 0 amide bonds. The third-order valence-electron chi connectivity index (χ3n) is 3.60. The fourth-order valence-electron chi connectivity index (χ4n) is 2.61. The minimum absolute atomic E-state index is 0.192. The molecule has 4 heteroatoms. The van der Waals surface area contributed by atoms with Gasteiger partial charge in [0.2, 0.25) is 0 Å². The van der Waals surface area contributed by atoms with Crippen LogP contribution in [0.15, 0.2) is 0 Å². The first-order valence-electron chi connectivity index (χ1n) is 6.95. The normalized spacial score (nSPS) is 25.8. The van der Waals surface area contributed by atoms with E-state index in [-0.39, 0.29) is 6.10 Å². The molecule has 0 aliphatic carbocycles. The molecule has 17 heavy (non-hydrogen) atoms. The van der Waals surface area contributed by atoms with Crippen molar-refractivity contribution in [3.8, 4) is 0 Å². The first-order valence-corrected chi connectivity index (χ1v) is 6.95. The third-order valence-corrected chi connectivity index (χ3v) is 3.60. The summed E-state index contributed by atoms with van der Waals surface area (Å²) in [4.78, 5) is 5.00. The SMILES string of the molecule is CCOC(CN)CN1CCCN(C)CC1CC. The molecule has 1 fully saturated rings. The summed E-state index contributed by atoms with van der Waals surface area (Å²) in [5, 5.41) is 0. The summed E-state index contributed by atoms with van der Waals surface area (Å²) < 4.78 is 5.67. The van der Waals surface area contributed by atoms with Gasteiger partial charge in [0.05, 0.1) is 6.10 Å². The lowest BCUT2D eigenvalue weighted by Gasteiger charge is -2.32. The lowest BCUT2D eigenvalue weighted by atomic mass is 10.1. The van der Waals surface area contributed by atoms with Crippen molar-refractivity contribution >= 4 is 0 Å². The molecule has 0 saturated carbocycles. The maximum atomic E-state index is 5.77. The Hall–Kier alpha value is -0.160. The van der Waals surface area contributed by atoms with Gasteiger partial charge in [0.25, 0.3) is 0 Å². The van der Waals surface area contributed by atoms with E-state index < -0.39 is 0 Å². The van der Waals surface area contributed by atoms with Crippen LogP contribution in [-0.4, -0.2) is 68.3 Å². The quantitative estimate of drug-likeness (QED) is 0.748. The molecular formula is C13H29N3O. The van der Waals surface area contributed by atoms with Gasteiger partial charge in [0.15, 0.2) is 0 Å². The number of likely N-dealkylation sites (N-methyl/N-ethyl adjacent to an activating group) is 1. The van der Waals surface area contributed by atoms with Gasteiger partial charge < -0.3 is 15.4 Å². The minimum atomic E-state index is 0.192. The molecule has 0 radical (unpaired) electrons. The third kappa shape index (κ3) is 4.92. The maximum absolute atomic E-state index is 5.77. The molecule has 0 aromatic carbocycles. The molecule has 1 aliphatic rings. The Kier molecular flexibility index (Phi) is 7.04. The number of hydrogen-bond acceptors (Lipinski definition) is 4. The fraction of sp³-hybridized carbons (Fsp3) is 1.00. The van der Waals surface area contributed by atoms with E-state index in [1.165, 1.54) is 32.5 Å². The lowest BCUT2D eigenvalue weighted by Crippen LogP contribution is -2.46. The van der Waals surface area contributed by atoms with Crippen molar-refractivity contribution in [1.82, 2.24) is 9.80 Å². The van der Waals surface area contributed by atoms with Gasteiger partial charge in [-0.2, -0.15) is 0 Å². The molecular weight excluding hydrogens is 214 g/mol. The Bertz CT molecular complexity index is 201. The Morgan fingerprint density at radius 3 is 2.71 bits per heavy atom. The van der Waals surface area contributed by atoms with Crippen molar-refractivity contribution in [3.63, 3.8) is 0 Å². The van der Waals surface area contributed by atoms with Crippen LogP contribution in [0.3, 0.4) is 0 Å². The topological polar surface area (TPSA) is 41.7 Å². The Labute approximate surface area is 106 Å². The van der Waals surface area contributed by atoms with Crippen LogP contribution in [0.25, 0.3) is 0 Å². The highest BCUT2D eigenvalue weighted by Gasteiger charge is 2.24. The monoisotopic (exact) mass is 243 g/mol. The van der Waals surface area contributed by atoms with E-state index in [4.69, 9.17) is 10.5 Å². The summed E-state index contributed by atoms with van der Waals surface area (Å²) in [6, 6.07) is 0.650. The molecule has 2 unspecified atom stereocenters. The van der Waals surface area contributed by atoms with Gasteiger partial charge in [-0.15, -0.1) is 0 Å². The lowest BCUT2D eigenvalue weighted by molar-refractivity contribution is 0.0273. The number of rotatable bonds is 6. The van der Waals surface area contributed by atoms with Crippen molar-refractivity contribution in [2.45, 2.75) is 38.8 Å². The second-order valence-electron chi connectivity index (χ2n) is 4.99. The molecule has 0 spiro atoms. The molecule has 102 valence electrons. The van der Waals surface area contributed by atoms with E-state index in [0.29, 0.717) is 12.6 Å². The first-order chi connectivity index (χ1) is 8.21. The summed E-state index contributed by atoms with van der Waals surface area (Å²) in [6.07, 6.45) is 2.64. The largest absolute Gasteiger partial charge is 0.376 e. The fourth-order valence-corrected chi connectivity index (χ4v) is 2.61. The summed E-state index contributed by atoms with van der Waals surface area (Å²) in [5.74, 6) is 0. The zero-order valence-corrected chi connectivity index (χ0v) is 11.7. The number of hydrogen-bond donors (Lipinski definition) is 1. The molecule has 4 nitrogen and oxygen atoms in total. The summed E-state index contributed by atoms with van der Waals surface area (Å²) in [6.45, 7) is 10.2. The van der Waals surface area contributed by atoms with Crippen molar-refractivity contribution < 1.29 is 4.74 Å². The van der Waals surface area contributed by atoms with E-state index in [0.717, 1.165) is 13.2 Å². The smallest absolute Gasteiger partial charge is 0.0823 e. The Morgan fingerprint density at radius 2 is 2.12 bits per heavy atom. The van der Waals surface area contributed by atoms with Gasteiger partial charge in [-0.3, -0.25) is 4.90 Å². The molecule has 2 N–H and O–H groups in total. The van der Waals surface area contributed by atoms with E-state index >= 15 is 0 Å². The van der Waals surface area contributed by atoms with Gasteiger partial charge >= 0.3 is 0 Å². The average Bonchev–Trinajstić information content (AvgIpc) is 2.50. The number of nitrogens with zero attached hydrogens (tertiary/aromatic N) is 2. The second-order valence-corrected chi connectivity index (χ2v) is 4.99. The van der Waals surface area contributed by atoms with E-state index in [1.54, 1.807) is 0 Å². The van der Waals surface area contributed by atoms with E-state index in [2.05, 4.69) is 23.8 Å². The highest BCUT2D eigenvalue weighted by molar-refractivity contribution is 4.80. The summed E-state index contributed by atoms with van der Waals surface area (Å²) >= 11 is 0. The van der Waals surface area contributed by atoms with Crippen LogP contribution in [0.1, 0.15) is 26.7 Å². The summed E-state index contributed by atoms with van der Waals surface area (Å²) in [5.41, 5.74) is 5.77. The molecule has 0 aromatic rings. The Morgan fingerprint density at radius 1 is 1.35 bits per heavy atom. The van der Waals surface area contributed by atoms with Gasteiger partial charge in [-0.1, -0.05) is 6.92 Å². The predicted molar refractivity (Wildman–Crippen MR) is 72.2 cm³/mol. The molecule has 0 aromatic heterocycles. The molecule has 2 atom stereocenters. The van der Waals surface area contributed by atoms with Gasteiger partial charge in [0.1, 0.15) is 0 Å². The molecule has 1 heterocycles. The Balaban J connectivity index is 2.52.